The van der Waals surface area contributed by atoms with Crippen molar-refractivity contribution in [1.82, 2.24) is 4.98 Å². The van der Waals surface area contributed by atoms with Gasteiger partial charge in [0.2, 0.25) is 0 Å². The summed E-state index contributed by atoms with van der Waals surface area (Å²) in [6.45, 7) is 0. The first-order valence-corrected chi connectivity index (χ1v) is 15.9. The minimum atomic E-state index is 1.01. The van der Waals surface area contributed by atoms with Gasteiger partial charge in [0.05, 0.1) is 11.2 Å². The van der Waals surface area contributed by atoms with E-state index in [1.54, 1.807) is 0 Å². The third-order valence-corrected chi connectivity index (χ3v) is 9.78. The summed E-state index contributed by atoms with van der Waals surface area (Å²) in [4.78, 5) is 5.27. The molecule has 0 amide bonds. The summed E-state index contributed by atoms with van der Waals surface area (Å²) in [5.41, 5.74) is 5.65. The van der Waals surface area contributed by atoms with Crippen LogP contribution in [-0.2, 0) is 0 Å². The first-order chi connectivity index (χ1) is 22.8. The number of para-hydroxylation sites is 1. The fourth-order valence-electron chi connectivity index (χ4n) is 7.59. The van der Waals surface area contributed by atoms with Crippen LogP contribution >= 0.6 is 0 Å². The van der Waals surface area contributed by atoms with Crippen LogP contribution in [0.3, 0.4) is 0 Å². The predicted octanol–water partition coefficient (Wildman–Crippen LogP) is 12.5. The molecule has 0 aliphatic rings. The number of fused-ring (bicyclic) bond motifs is 11. The van der Waals surface area contributed by atoms with Crippen molar-refractivity contribution in [2.75, 3.05) is 0 Å². The van der Waals surface area contributed by atoms with Crippen molar-refractivity contribution >= 4 is 75.5 Å². The second-order valence-electron chi connectivity index (χ2n) is 12.3. The van der Waals surface area contributed by atoms with Crippen molar-refractivity contribution in [3.05, 3.63) is 164 Å². The molecule has 46 heavy (non-hydrogen) atoms. The van der Waals surface area contributed by atoms with Gasteiger partial charge in [-0.3, -0.25) is 0 Å². The minimum absolute atomic E-state index is 1.01. The number of nitrogens with zero attached hydrogens (tertiary/aromatic N) is 1. The molecule has 212 valence electrons. The Labute approximate surface area is 266 Å². The van der Waals surface area contributed by atoms with E-state index in [1.807, 2.05) is 0 Å². The molecule has 0 aliphatic carbocycles. The number of hydrogen-bond acceptors (Lipinski definition) is 1. The summed E-state index contributed by atoms with van der Waals surface area (Å²) >= 11 is 0. The normalized spacial score (nSPS) is 11.9. The predicted molar refractivity (Wildman–Crippen MR) is 198 cm³/mol. The van der Waals surface area contributed by atoms with E-state index in [0.717, 1.165) is 16.8 Å². The first kappa shape index (κ1) is 25.3. The Morgan fingerprint density at radius 1 is 0.304 bits per heavy atom. The van der Waals surface area contributed by atoms with Crippen molar-refractivity contribution in [3.8, 4) is 22.4 Å². The zero-order valence-electron chi connectivity index (χ0n) is 25.0. The smallest absolute Gasteiger partial charge is 0.0788 e. The molecule has 1 heterocycles. The van der Waals surface area contributed by atoms with E-state index >= 15 is 0 Å². The van der Waals surface area contributed by atoms with Crippen LogP contribution in [0.25, 0.3) is 97.9 Å². The highest BCUT2D eigenvalue weighted by atomic mass is 14.7. The van der Waals surface area contributed by atoms with Crippen LogP contribution in [-0.4, -0.2) is 4.98 Å². The Kier molecular flexibility index (Phi) is 5.35. The minimum Gasteiger partial charge on any atom is -0.247 e. The fraction of sp³-hybridized carbons (Fsp3) is 0. The molecule has 10 aromatic rings. The molecule has 0 saturated carbocycles. The lowest BCUT2D eigenvalue weighted by atomic mass is 9.89. The molecule has 0 spiro atoms. The molecule has 1 nitrogen and oxygen atoms in total. The van der Waals surface area contributed by atoms with Gasteiger partial charge in [0.1, 0.15) is 0 Å². The maximum absolute atomic E-state index is 5.27. The van der Waals surface area contributed by atoms with Crippen LogP contribution in [0, 0.1) is 0 Å². The molecular formula is C45H27N. The average Bonchev–Trinajstić information content (AvgIpc) is 3.13. The van der Waals surface area contributed by atoms with Crippen LogP contribution in [0.2, 0.25) is 0 Å². The molecule has 10 rings (SSSR count). The maximum Gasteiger partial charge on any atom is 0.0788 e. The highest BCUT2D eigenvalue weighted by Crippen LogP contribution is 2.42. The Morgan fingerprint density at radius 2 is 0.891 bits per heavy atom. The number of benzene rings is 9. The molecule has 0 N–H and O–H groups in total. The van der Waals surface area contributed by atoms with E-state index in [9.17, 15) is 0 Å². The van der Waals surface area contributed by atoms with Gasteiger partial charge in [0, 0.05) is 21.7 Å². The van der Waals surface area contributed by atoms with Gasteiger partial charge in [-0.25, -0.2) is 4.98 Å². The van der Waals surface area contributed by atoms with Gasteiger partial charge in [-0.1, -0.05) is 140 Å². The lowest BCUT2D eigenvalue weighted by Crippen LogP contribution is -1.92. The largest absolute Gasteiger partial charge is 0.247 e. The summed E-state index contributed by atoms with van der Waals surface area (Å²) in [5.74, 6) is 0. The molecule has 1 aromatic heterocycles. The first-order valence-electron chi connectivity index (χ1n) is 15.9. The van der Waals surface area contributed by atoms with Gasteiger partial charge < -0.3 is 0 Å². The molecule has 0 unspecified atom stereocenters. The Hall–Kier alpha value is -6.05. The van der Waals surface area contributed by atoms with Crippen LogP contribution < -0.4 is 0 Å². The van der Waals surface area contributed by atoms with Crippen molar-refractivity contribution in [2.24, 2.45) is 0 Å². The second kappa shape index (κ2) is 9.72. The van der Waals surface area contributed by atoms with Gasteiger partial charge in [0.15, 0.2) is 0 Å². The van der Waals surface area contributed by atoms with Crippen molar-refractivity contribution in [1.29, 1.82) is 0 Å². The summed E-state index contributed by atoms with van der Waals surface area (Å²) in [7, 11) is 0. The quantitative estimate of drug-likeness (QED) is 0.185. The van der Waals surface area contributed by atoms with Gasteiger partial charge in [0.25, 0.3) is 0 Å². The SMILES string of the molecule is c1ccc2cc(-c3nc4ccccc4c4c3ccc3ccc(-c5cc6c7ccccc7ccc6c6ccccc56)cc34)ccc2c1. The molecule has 0 atom stereocenters. The van der Waals surface area contributed by atoms with E-state index in [0.29, 0.717) is 0 Å². The summed E-state index contributed by atoms with van der Waals surface area (Å²) in [6, 6.07) is 59.8. The summed E-state index contributed by atoms with van der Waals surface area (Å²) in [6.07, 6.45) is 0. The molecule has 0 aliphatic heterocycles. The van der Waals surface area contributed by atoms with Crippen molar-refractivity contribution in [2.45, 2.75) is 0 Å². The summed E-state index contributed by atoms with van der Waals surface area (Å²) in [5, 5.41) is 16.2. The topological polar surface area (TPSA) is 12.9 Å². The lowest BCUT2D eigenvalue weighted by molar-refractivity contribution is 1.43. The number of pyridine rings is 1. The van der Waals surface area contributed by atoms with Gasteiger partial charge in [-0.2, -0.15) is 0 Å². The Balaban J connectivity index is 1.30. The van der Waals surface area contributed by atoms with E-state index in [2.05, 4.69) is 164 Å². The second-order valence-corrected chi connectivity index (χ2v) is 12.3. The molecule has 0 radical (unpaired) electrons. The van der Waals surface area contributed by atoms with Gasteiger partial charge >= 0.3 is 0 Å². The Bertz CT molecular complexity index is 2860. The van der Waals surface area contributed by atoms with E-state index in [-0.39, 0.29) is 0 Å². The summed E-state index contributed by atoms with van der Waals surface area (Å²) < 4.78 is 0. The standard InChI is InChI=1S/C45H27N/c1-2-11-31-25-33(20-17-28(31)9-1)45-39-24-22-30-18-19-32(26-41(30)44(39)38-15-7-8-16-43(38)46-45)40-27-42-34-12-4-3-10-29(34)21-23-37(42)35-13-5-6-14-36(35)40/h1-27H. The molecule has 9 aromatic carbocycles. The average molecular weight is 582 g/mol. The highest BCUT2D eigenvalue weighted by molar-refractivity contribution is 6.24. The molecule has 0 bridgehead atoms. The Morgan fingerprint density at radius 3 is 1.76 bits per heavy atom. The highest BCUT2D eigenvalue weighted by Gasteiger charge is 2.16. The number of aromatic nitrogens is 1. The molecule has 0 fully saturated rings. The van der Waals surface area contributed by atoms with Crippen LogP contribution in [0.5, 0.6) is 0 Å². The zero-order chi connectivity index (χ0) is 30.2. The van der Waals surface area contributed by atoms with Crippen molar-refractivity contribution in [3.63, 3.8) is 0 Å². The molecular weight excluding hydrogens is 555 g/mol. The zero-order valence-corrected chi connectivity index (χ0v) is 25.0. The van der Waals surface area contributed by atoms with Crippen LogP contribution in [0.4, 0.5) is 0 Å². The van der Waals surface area contributed by atoms with Crippen molar-refractivity contribution < 1.29 is 0 Å². The van der Waals surface area contributed by atoms with Gasteiger partial charge in [-0.15, -0.1) is 0 Å². The lowest BCUT2D eigenvalue weighted by Gasteiger charge is -2.16. The molecule has 1 heteroatoms. The van der Waals surface area contributed by atoms with Crippen LogP contribution in [0.1, 0.15) is 0 Å². The van der Waals surface area contributed by atoms with E-state index in [4.69, 9.17) is 4.98 Å². The van der Waals surface area contributed by atoms with E-state index in [1.165, 1.54) is 81.1 Å². The molecule has 0 saturated heterocycles. The third kappa shape index (κ3) is 3.72. The monoisotopic (exact) mass is 581 g/mol. The fourth-order valence-corrected chi connectivity index (χ4v) is 7.59. The number of rotatable bonds is 2. The van der Waals surface area contributed by atoms with E-state index < -0.39 is 0 Å². The third-order valence-electron chi connectivity index (χ3n) is 9.78. The van der Waals surface area contributed by atoms with Gasteiger partial charge in [-0.05, 0) is 89.3 Å². The number of hydrogen-bond donors (Lipinski definition) is 0. The van der Waals surface area contributed by atoms with Crippen LogP contribution in [0.15, 0.2) is 164 Å². The maximum atomic E-state index is 5.27.